The number of anilines is 2. The van der Waals surface area contributed by atoms with Gasteiger partial charge >= 0.3 is 0 Å². The van der Waals surface area contributed by atoms with Gasteiger partial charge < -0.3 is 0 Å². The third kappa shape index (κ3) is 3.60. The third-order valence-corrected chi connectivity index (χ3v) is 7.56. The number of nitrogens with zero attached hydrogens (tertiary/aromatic N) is 3. The van der Waals surface area contributed by atoms with Crippen LogP contribution in [0.1, 0.15) is 22.3 Å². The predicted molar refractivity (Wildman–Crippen MR) is 109 cm³/mol. The molecule has 10 heteroatoms. The van der Waals surface area contributed by atoms with Crippen LogP contribution in [-0.4, -0.2) is 31.1 Å². The van der Waals surface area contributed by atoms with Gasteiger partial charge in [0.2, 0.25) is 5.13 Å². The summed E-state index contributed by atoms with van der Waals surface area (Å²) >= 11 is 6.64. The van der Waals surface area contributed by atoms with Crippen LogP contribution in [0.25, 0.3) is 0 Å². The highest BCUT2D eigenvalue weighted by atomic mass is 35.5. The normalized spacial score (nSPS) is 13.8. The van der Waals surface area contributed by atoms with Gasteiger partial charge in [0.05, 0.1) is 5.69 Å². The maximum absolute atomic E-state index is 13.1. The second kappa shape index (κ2) is 7.50. The van der Waals surface area contributed by atoms with Gasteiger partial charge in [-0.25, -0.2) is 0 Å². The lowest BCUT2D eigenvalue weighted by Gasteiger charge is -2.29. The molecule has 0 aliphatic carbocycles. The fraction of sp³-hybridized carbons (Fsp3) is 0.167. The van der Waals surface area contributed by atoms with E-state index in [1.54, 1.807) is 30.3 Å². The van der Waals surface area contributed by atoms with E-state index in [0.717, 1.165) is 29.7 Å². The number of hydrogen-bond acceptors (Lipinski definition) is 6. The van der Waals surface area contributed by atoms with Gasteiger partial charge in [0.25, 0.3) is 20.3 Å². The first kappa shape index (κ1) is 18.9. The number of aryl methyl sites for hydroxylation is 1. The molecular formula is C18H15ClN4O3S2. The van der Waals surface area contributed by atoms with Crippen molar-refractivity contribution in [3.8, 4) is 0 Å². The molecule has 2 aromatic carbocycles. The summed E-state index contributed by atoms with van der Waals surface area (Å²) in [6.07, 6.45) is 1.57. The van der Waals surface area contributed by atoms with Crippen molar-refractivity contribution in [2.75, 3.05) is 16.2 Å². The number of carbonyl (C=O) groups excluding carboxylic acids is 1. The molecule has 7 nitrogen and oxygen atoms in total. The lowest BCUT2D eigenvalue weighted by atomic mass is 10.0. The molecule has 2 heterocycles. The lowest BCUT2D eigenvalue weighted by Crippen LogP contribution is -2.35. The number of rotatable bonds is 4. The van der Waals surface area contributed by atoms with Crippen LogP contribution in [0.15, 0.2) is 52.9 Å². The van der Waals surface area contributed by atoms with E-state index in [2.05, 4.69) is 15.5 Å². The number of halogens is 1. The van der Waals surface area contributed by atoms with Gasteiger partial charge in [-0.15, -0.1) is 10.2 Å². The Kier molecular flexibility index (Phi) is 5.05. The van der Waals surface area contributed by atoms with Crippen molar-refractivity contribution < 1.29 is 13.2 Å². The van der Waals surface area contributed by atoms with Gasteiger partial charge in [0, 0.05) is 17.1 Å². The average molecular weight is 435 g/mol. The summed E-state index contributed by atoms with van der Waals surface area (Å²) in [4.78, 5) is 12.3. The Bertz CT molecular complexity index is 1130. The van der Waals surface area contributed by atoms with Crippen LogP contribution >= 0.6 is 22.9 Å². The highest BCUT2D eigenvalue weighted by Gasteiger charge is 2.32. The van der Waals surface area contributed by atoms with Crippen LogP contribution in [0.3, 0.4) is 0 Å². The fourth-order valence-electron chi connectivity index (χ4n) is 2.98. The predicted octanol–water partition coefficient (Wildman–Crippen LogP) is 3.59. The molecule has 1 amide bonds. The number of benzene rings is 2. The molecule has 28 heavy (non-hydrogen) atoms. The summed E-state index contributed by atoms with van der Waals surface area (Å²) in [6, 6.07) is 13.8. The molecule has 0 bridgehead atoms. The van der Waals surface area contributed by atoms with E-state index in [9.17, 15) is 13.2 Å². The largest absolute Gasteiger partial charge is 0.296 e. The average Bonchev–Trinajstić information content (AvgIpc) is 3.17. The molecule has 0 radical (unpaired) electrons. The van der Waals surface area contributed by atoms with Crippen LogP contribution in [0.4, 0.5) is 10.8 Å². The van der Waals surface area contributed by atoms with E-state index < -0.39 is 15.9 Å². The molecule has 144 valence electrons. The van der Waals surface area contributed by atoms with Crippen molar-refractivity contribution >= 4 is 49.7 Å². The van der Waals surface area contributed by atoms with Crippen LogP contribution in [0, 0.1) is 0 Å². The molecule has 0 saturated heterocycles. The van der Waals surface area contributed by atoms with Crippen LogP contribution < -0.4 is 9.62 Å². The number of carbonyl (C=O) groups is 1. The zero-order valence-electron chi connectivity index (χ0n) is 14.5. The third-order valence-electron chi connectivity index (χ3n) is 4.31. The van der Waals surface area contributed by atoms with Crippen molar-refractivity contribution in [3.05, 3.63) is 64.7 Å². The van der Waals surface area contributed by atoms with Gasteiger partial charge in [-0.1, -0.05) is 41.1 Å². The second-order valence-corrected chi connectivity index (χ2v) is 9.59. The monoisotopic (exact) mass is 434 g/mol. The maximum Gasteiger partial charge on any atom is 0.293 e. The minimum atomic E-state index is -3.85. The smallest absolute Gasteiger partial charge is 0.293 e. The van der Waals surface area contributed by atoms with E-state index >= 15 is 0 Å². The van der Waals surface area contributed by atoms with E-state index in [1.807, 2.05) is 18.2 Å². The molecule has 0 spiro atoms. The maximum atomic E-state index is 13.1. The standard InChI is InChI=1S/C18H15ClN4O3S2/c19-14-9-7-13(8-10-14)16(24)20-17-21-22-18(27-17)28(25,26)23-11-3-5-12-4-1-2-6-15(12)23/h1-2,4,6-10H,3,5,11H2,(H,20,21,24). The van der Waals surface area contributed by atoms with Crippen LogP contribution in [0.2, 0.25) is 5.02 Å². The Labute approximate surface area is 171 Å². The molecule has 4 rings (SSSR count). The Morgan fingerprint density at radius 1 is 1.11 bits per heavy atom. The summed E-state index contributed by atoms with van der Waals surface area (Å²) in [6.45, 7) is 0.380. The Morgan fingerprint density at radius 2 is 1.86 bits per heavy atom. The highest BCUT2D eigenvalue weighted by molar-refractivity contribution is 7.94. The van der Waals surface area contributed by atoms with Crippen LogP contribution in [-0.2, 0) is 16.4 Å². The van der Waals surface area contributed by atoms with Gasteiger partial charge in [-0.3, -0.25) is 14.4 Å². The second-order valence-electron chi connectivity index (χ2n) is 6.14. The first-order valence-corrected chi connectivity index (χ1v) is 11.1. The van der Waals surface area contributed by atoms with Crippen molar-refractivity contribution in [1.82, 2.24) is 10.2 Å². The number of sulfonamides is 1. The molecule has 1 N–H and O–H groups in total. The molecule has 0 fully saturated rings. The topological polar surface area (TPSA) is 92.3 Å². The SMILES string of the molecule is O=C(Nc1nnc(S(=O)(=O)N2CCCc3ccccc32)s1)c1ccc(Cl)cc1. The van der Waals surface area contributed by atoms with E-state index in [1.165, 1.54) is 4.31 Å². The molecule has 3 aromatic rings. The first-order chi connectivity index (χ1) is 13.4. The minimum Gasteiger partial charge on any atom is -0.296 e. The van der Waals surface area contributed by atoms with Crippen molar-refractivity contribution in [2.45, 2.75) is 17.2 Å². The van der Waals surface area contributed by atoms with E-state index in [4.69, 9.17) is 11.6 Å². The fourth-order valence-corrected chi connectivity index (χ4v) is 5.64. The van der Waals surface area contributed by atoms with E-state index in [-0.39, 0.29) is 9.47 Å². The number of fused-ring (bicyclic) bond motifs is 1. The van der Waals surface area contributed by atoms with Crippen molar-refractivity contribution in [3.63, 3.8) is 0 Å². The summed E-state index contributed by atoms with van der Waals surface area (Å²) in [5.74, 6) is -0.417. The number of para-hydroxylation sites is 1. The highest BCUT2D eigenvalue weighted by Crippen LogP contribution is 2.33. The Balaban J connectivity index is 1.57. The molecule has 1 aromatic heterocycles. The quantitative estimate of drug-likeness (QED) is 0.633. The zero-order chi connectivity index (χ0) is 19.7. The van der Waals surface area contributed by atoms with E-state index in [0.29, 0.717) is 22.8 Å². The molecule has 0 atom stereocenters. The molecule has 0 unspecified atom stereocenters. The molecule has 1 aliphatic rings. The number of hydrogen-bond donors (Lipinski definition) is 1. The van der Waals surface area contributed by atoms with Crippen LogP contribution in [0.5, 0.6) is 0 Å². The summed E-state index contributed by atoms with van der Waals surface area (Å²) in [5.41, 5.74) is 2.03. The van der Waals surface area contributed by atoms with Gasteiger partial charge in [0.15, 0.2) is 0 Å². The van der Waals surface area contributed by atoms with Gasteiger partial charge in [-0.2, -0.15) is 8.42 Å². The van der Waals surface area contributed by atoms with Crippen molar-refractivity contribution in [1.29, 1.82) is 0 Å². The molecular weight excluding hydrogens is 420 g/mol. The molecule has 1 aliphatic heterocycles. The van der Waals surface area contributed by atoms with Gasteiger partial charge in [0.1, 0.15) is 0 Å². The summed E-state index contributed by atoms with van der Waals surface area (Å²) < 4.78 is 27.3. The number of amides is 1. The summed E-state index contributed by atoms with van der Waals surface area (Å²) in [5, 5.41) is 10.8. The Hall–Kier alpha value is -2.49. The van der Waals surface area contributed by atoms with Crippen molar-refractivity contribution in [2.24, 2.45) is 0 Å². The number of nitrogens with one attached hydrogen (secondary N) is 1. The zero-order valence-corrected chi connectivity index (χ0v) is 16.9. The first-order valence-electron chi connectivity index (χ1n) is 8.46. The summed E-state index contributed by atoms with van der Waals surface area (Å²) in [7, 11) is -3.85. The number of aromatic nitrogens is 2. The minimum absolute atomic E-state index is 0.115. The Morgan fingerprint density at radius 3 is 2.64 bits per heavy atom. The van der Waals surface area contributed by atoms with Gasteiger partial charge in [-0.05, 0) is 48.7 Å². The molecule has 0 saturated carbocycles. The lowest BCUT2D eigenvalue weighted by molar-refractivity contribution is 0.102.